The largest absolute Gasteiger partial charge is 0.399 e. The van der Waals surface area contributed by atoms with E-state index in [1.54, 1.807) is 0 Å². The second-order valence-corrected chi connectivity index (χ2v) is 4.89. The lowest BCUT2D eigenvalue weighted by atomic mass is 10.1. The quantitative estimate of drug-likeness (QED) is 0.753. The van der Waals surface area contributed by atoms with Crippen LogP contribution in [0.25, 0.3) is 10.9 Å². The molecule has 1 aromatic carbocycles. The SMILES string of the molecule is Nc1ccc2nc(N3CCCCC3)cc(N)c2c1. The third-order valence-corrected chi connectivity index (χ3v) is 3.53. The molecule has 0 bridgehead atoms. The molecule has 18 heavy (non-hydrogen) atoms. The average Bonchev–Trinajstić information content (AvgIpc) is 2.40. The molecule has 0 unspecified atom stereocenters. The number of nitrogen functional groups attached to an aromatic ring is 2. The van der Waals surface area contributed by atoms with Crippen LogP contribution in [0.2, 0.25) is 0 Å². The summed E-state index contributed by atoms with van der Waals surface area (Å²) in [5.74, 6) is 0.990. The van der Waals surface area contributed by atoms with Gasteiger partial charge in [-0.05, 0) is 37.5 Å². The Hall–Kier alpha value is -1.97. The van der Waals surface area contributed by atoms with Crippen LogP contribution in [0, 0.1) is 0 Å². The van der Waals surface area contributed by atoms with Crippen LogP contribution in [0.5, 0.6) is 0 Å². The van der Waals surface area contributed by atoms with Gasteiger partial charge >= 0.3 is 0 Å². The number of rotatable bonds is 1. The maximum absolute atomic E-state index is 6.11. The third kappa shape index (κ3) is 1.94. The van der Waals surface area contributed by atoms with E-state index in [0.717, 1.165) is 41.2 Å². The number of fused-ring (bicyclic) bond motifs is 1. The van der Waals surface area contributed by atoms with E-state index in [1.165, 1.54) is 19.3 Å². The Bertz CT molecular complexity index is 573. The van der Waals surface area contributed by atoms with Gasteiger partial charge in [0.05, 0.1) is 5.52 Å². The van der Waals surface area contributed by atoms with Crippen molar-refractivity contribution in [2.24, 2.45) is 0 Å². The maximum atomic E-state index is 6.11. The van der Waals surface area contributed by atoms with Crippen LogP contribution >= 0.6 is 0 Å². The molecule has 1 aromatic heterocycles. The fourth-order valence-electron chi connectivity index (χ4n) is 2.54. The lowest BCUT2D eigenvalue weighted by Crippen LogP contribution is -2.30. The molecule has 2 aromatic rings. The summed E-state index contributed by atoms with van der Waals surface area (Å²) in [6.07, 6.45) is 3.79. The summed E-state index contributed by atoms with van der Waals surface area (Å²) in [6, 6.07) is 7.66. The summed E-state index contributed by atoms with van der Waals surface area (Å²) in [5, 5.41) is 0.941. The number of benzene rings is 1. The molecular formula is C14H18N4. The second kappa shape index (κ2) is 4.37. The number of pyridine rings is 1. The number of hydrogen-bond acceptors (Lipinski definition) is 4. The number of nitrogens with zero attached hydrogens (tertiary/aromatic N) is 2. The molecule has 1 fully saturated rings. The van der Waals surface area contributed by atoms with Gasteiger partial charge in [0.15, 0.2) is 0 Å². The van der Waals surface area contributed by atoms with Gasteiger partial charge in [-0.1, -0.05) is 0 Å². The Labute approximate surface area is 107 Å². The van der Waals surface area contributed by atoms with Crippen LogP contribution < -0.4 is 16.4 Å². The van der Waals surface area contributed by atoms with Crippen molar-refractivity contribution in [1.82, 2.24) is 4.98 Å². The first kappa shape index (κ1) is 11.1. The van der Waals surface area contributed by atoms with Gasteiger partial charge in [0, 0.05) is 35.9 Å². The minimum Gasteiger partial charge on any atom is -0.399 e. The summed E-state index contributed by atoms with van der Waals surface area (Å²) in [6.45, 7) is 2.15. The van der Waals surface area contributed by atoms with Crippen LogP contribution in [-0.4, -0.2) is 18.1 Å². The van der Waals surface area contributed by atoms with Crippen LogP contribution in [0.1, 0.15) is 19.3 Å². The van der Waals surface area contributed by atoms with E-state index in [2.05, 4.69) is 4.90 Å². The number of anilines is 3. The van der Waals surface area contributed by atoms with E-state index in [4.69, 9.17) is 16.5 Å². The Morgan fingerprint density at radius 2 is 1.78 bits per heavy atom. The fraction of sp³-hybridized carbons (Fsp3) is 0.357. The van der Waals surface area contributed by atoms with Gasteiger partial charge in [0.1, 0.15) is 5.82 Å². The summed E-state index contributed by atoms with van der Waals surface area (Å²) in [5.41, 5.74) is 14.3. The zero-order chi connectivity index (χ0) is 12.5. The molecule has 2 heterocycles. The van der Waals surface area contributed by atoms with Crippen LogP contribution in [0.15, 0.2) is 24.3 Å². The number of piperidine rings is 1. The van der Waals surface area contributed by atoms with Crippen LogP contribution in [-0.2, 0) is 0 Å². The molecule has 0 atom stereocenters. The highest BCUT2D eigenvalue weighted by Crippen LogP contribution is 2.27. The van der Waals surface area contributed by atoms with Gasteiger partial charge in [0.25, 0.3) is 0 Å². The summed E-state index contributed by atoms with van der Waals surface area (Å²) in [7, 11) is 0. The van der Waals surface area contributed by atoms with E-state index in [-0.39, 0.29) is 0 Å². The van der Waals surface area contributed by atoms with Crippen molar-refractivity contribution in [1.29, 1.82) is 0 Å². The predicted molar refractivity (Wildman–Crippen MR) is 76.6 cm³/mol. The van der Waals surface area contributed by atoms with Crippen molar-refractivity contribution in [2.45, 2.75) is 19.3 Å². The maximum Gasteiger partial charge on any atom is 0.131 e. The van der Waals surface area contributed by atoms with Crippen molar-refractivity contribution >= 4 is 28.1 Å². The fourth-order valence-corrected chi connectivity index (χ4v) is 2.54. The molecule has 1 aliphatic rings. The van der Waals surface area contributed by atoms with Crippen LogP contribution in [0.3, 0.4) is 0 Å². The Morgan fingerprint density at radius 1 is 1.00 bits per heavy atom. The van der Waals surface area contributed by atoms with Gasteiger partial charge in [-0.2, -0.15) is 0 Å². The van der Waals surface area contributed by atoms with Gasteiger partial charge in [-0.3, -0.25) is 0 Å². The minimum absolute atomic E-state index is 0.724. The molecule has 1 aliphatic heterocycles. The third-order valence-electron chi connectivity index (χ3n) is 3.53. The van der Waals surface area contributed by atoms with Gasteiger partial charge < -0.3 is 16.4 Å². The molecule has 4 N–H and O–H groups in total. The predicted octanol–water partition coefficient (Wildman–Crippen LogP) is 2.39. The first-order chi connectivity index (χ1) is 8.74. The molecular weight excluding hydrogens is 224 g/mol. The highest BCUT2D eigenvalue weighted by molar-refractivity contribution is 5.93. The molecule has 0 radical (unpaired) electrons. The zero-order valence-electron chi connectivity index (χ0n) is 10.4. The monoisotopic (exact) mass is 242 g/mol. The van der Waals surface area contributed by atoms with Crippen molar-refractivity contribution < 1.29 is 0 Å². The summed E-state index contributed by atoms with van der Waals surface area (Å²) >= 11 is 0. The first-order valence-corrected chi connectivity index (χ1v) is 6.45. The molecule has 0 spiro atoms. The molecule has 1 saturated heterocycles. The first-order valence-electron chi connectivity index (χ1n) is 6.45. The van der Waals surface area contributed by atoms with Crippen molar-refractivity contribution in [3.05, 3.63) is 24.3 Å². The van der Waals surface area contributed by atoms with Gasteiger partial charge in [-0.25, -0.2) is 4.98 Å². The Morgan fingerprint density at radius 3 is 2.56 bits per heavy atom. The highest BCUT2D eigenvalue weighted by atomic mass is 15.2. The lowest BCUT2D eigenvalue weighted by Gasteiger charge is -2.28. The van der Waals surface area contributed by atoms with E-state index in [0.29, 0.717) is 0 Å². The van der Waals surface area contributed by atoms with Crippen molar-refractivity contribution in [3.8, 4) is 0 Å². The van der Waals surface area contributed by atoms with E-state index in [9.17, 15) is 0 Å². The van der Waals surface area contributed by atoms with Gasteiger partial charge in [-0.15, -0.1) is 0 Å². The Kier molecular flexibility index (Phi) is 2.70. The zero-order valence-corrected chi connectivity index (χ0v) is 10.4. The molecule has 0 amide bonds. The smallest absolute Gasteiger partial charge is 0.131 e. The molecule has 4 heteroatoms. The number of nitrogens with two attached hydrogens (primary N) is 2. The number of hydrogen-bond donors (Lipinski definition) is 2. The molecule has 0 aliphatic carbocycles. The standard InChI is InChI=1S/C14H18N4/c15-10-4-5-13-11(8-10)12(16)9-14(17-13)18-6-2-1-3-7-18/h4-5,8-9H,1-3,6-7,15H2,(H2,16,17). The van der Waals surface area contributed by atoms with Crippen LogP contribution in [0.4, 0.5) is 17.2 Å². The van der Waals surface area contributed by atoms with Gasteiger partial charge in [0.2, 0.25) is 0 Å². The van der Waals surface area contributed by atoms with E-state index >= 15 is 0 Å². The topological polar surface area (TPSA) is 68.2 Å². The normalized spacial score (nSPS) is 16.1. The van der Waals surface area contributed by atoms with E-state index in [1.807, 2.05) is 24.3 Å². The highest BCUT2D eigenvalue weighted by Gasteiger charge is 2.13. The summed E-state index contributed by atoms with van der Waals surface area (Å²) < 4.78 is 0. The molecule has 94 valence electrons. The summed E-state index contributed by atoms with van der Waals surface area (Å²) in [4.78, 5) is 7.01. The molecule has 0 saturated carbocycles. The number of aromatic nitrogens is 1. The lowest BCUT2D eigenvalue weighted by molar-refractivity contribution is 0.574. The van der Waals surface area contributed by atoms with Crippen molar-refractivity contribution in [3.63, 3.8) is 0 Å². The minimum atomic E-state index is 0.724. The average molecular weight is 242 g/mol. The molecule has 4 nitrogen and oxygen atoms in total. The second-order valence-electron chi connectivity index (χ2n) is 4.89. The van der Waals surface area contributed by atoms with E-state index < -0.39 is 0 Å². The Balaban J connectivity index is 2.06. The van der Waals surface area contributed by atoms with Crippen molar-refractivity contribution in [2.75, 3.05) is 29.5 Å². The molecule has 3 rings (SSSR count).